The van der Waals surface area contributed by atoms with Gasteiger partial charge in [-0.25, -0.2) is 4.98 Å². The second kappa shape index (κ2) is 8.06. The molecule has 0 unspecified atom stereocenters. The summed E-state index contributed by atoms with van der Waals surface area (Å²) >= 11 is 0. The van der Waals surface area contributed by atoms with Gasteiger partial charge in [-0.3, -0.25) is 9.78 Å². The maximum Gasteiger partial charge on any atom is 0.270 e. The number of rotatable bonds is 6. The Hall–Kier alpha value is -3.21. The first kappa shape index (κ1) is 16.6. The molecule has 0 radical (unpaired) electrons. The lowest BCUT2D eigenvalue weighted by Crippen LogP contribution is -2.23. The highest BCUT2D eigenvalue weighted by Gasteiger charge is 2.06. The number of anilines is 1. The van der Waals surface area contributed by atoms with E-state index in [1.54, 1.807) is 24.7 Å². The van der Waals surface area contributed by atoms with Crippen molar-refractivity contribution in [3.63, 3.8) is 0 Å². The van der Waals surface area contributed by atoms with E-state index in [-0.39, 0.29) is 5.91 Å². The van der Waals surface area contributed by atoms with E-state index < -0.39 is 0 Å². The van der Waals surface area contributed by atoms with Gasteiger partial charge in [-0.2, -0.15) is 0 Å². The lowest BCUT2D eigenvalue weighted by molar-refractivity contribution is 0.0946. The predicted octanol–water partition coefficient (Wildman–Crippen LogP) is 3.33. The van der Waals surface area contributed by atoms with Crippen LogP contribution in [0.3, 0.4) is 0 Å². The van der Waals surface area contributed by atoms with Crippen molar-refractivity contribution >= 4 is 11.6 Å². The van der Waals surface area contributed by atoms with Crippen molar-refractivity contribution in [3.8, 4) is 0 Å². The highest BCUT2D eigenvalue weighted by Crippen LogP contribution is 2.10. The van der Waals surface area contributed by atoms with E-state index in [2.05, 4.69) is 45.7 Å². The number of aromatic nitrogens is 2. The molecule has 0 fully saturated rings. The van der Waals surface area contributed by atoms with Gasteiger partial charge in [0, 0.05) is 25.5 Å². The summed E-state index contributed by atoms with van der Waals surface area (Å²) < 4.78 is 0. The van der Waals surface area contributed by atoms with E-state index in [0.717, 1.165) is 17.8 Å². The Balaban J connectivity index is 1.53. The monoisotopic (exact) mass is 332 g/mol. The van der Waals surface area contributed by atoms with Crippen molar-refractivity contribution in [2.45, 2.75) is 20.0 Å². The van der Waals surface area contributed by atoms with E-state index in [1.807, 2.05) is 24.3 Å². The molecule has 0 aliphatic carbocycles. The fraction of sp³-hybridized carbons (Fsp3) is 0.150. The zero-order valence-electron chi connectivity index (χ0n) is 14.1. The maximum atomic E-state index is 12.1. The summed E-state index contributed by atoms with van der Waals surface area (Å²) in [7, 11) is 0. The van der Waals surface area contributed by atoms with Gasteiger partial charge in [-0.15, -0.1) is 0 Å². The van der Waals surface area contributed by atoms with Crippen LogP contribution in [0, 0.1) is 6.92 Å². The van der Waals surface area contributed by atoms with Crippen LogP contribution in [-0.2, 0) is 13.1 Å². The van der Waals surface area contributed by atoms with Crippen molar-refractivity contribution in [3.05, 3.63) is 89.5 Å². The lowest BCUT2D eigenvalue weighted by atomic mass is 10.1. The quantitative estimate of drug-likeness (QED) is 0.726. The Morgan fingerprint density at radius 1 is 1.00 bits per heavy atom. The third-order valence-electron chi connectivity index (χ3n) is 3.78. The first-order valence-electron chi connectivity index (χ1n) is 8.13. The molecule has 2 aromatic heterocycles. The Labute approximate surface area is 147 Å². The first-order chi connectivity index (χ1) is 12.2. The smallest absolute Gasteiger partial charge is 0.270 e. The molecule has 2 heterocycles. The van der Waals surface area contributed by atoms with Crippen LogP contribution in [0.25, 0.3) is 0 Å². The summed E-state index contributed by atoms with van der Waals surface area (Å²) in [5, 5.41) is 6.16. The van der Waals surface area contributed by atoms with Crippen molar-refractivity contribution in [1.29, 1.82) is 0 Å². The fourth-order valence-corrected chi connectivity index (χ4v) is 2.43. The number of carbonyl (C=O) groups is 1. The zero-order chi connectivity index (χ0) is 17.5. The topological polar surface area (TPSA) is 66.9 Å². The number of pyridine rings is 2. The molecule has 3 rings (SSSR count). The van der Waals surface area contributed by atoms with Gasteiger partial charge >= 0.3 is 0 Å². The molecule has 0 bridgehead atoms. The van der Waals surface area contributed by atoms with E-state index in [9.17, 15) is 4.79 Å². The molecule has 2 N–H and O–H groups in total. The molecule has 3 aromatic rings. The van der Waals surface area contributed by atoms with Crippen LogP contribution in [0.15, 0.2) is 67.1 Å². The van der Waals surface area contributed by atoms with Crippen molar-refractivity contribution in [1.82, 2.24) is 15.3 Å². The molecule has 0 aliphatic rings. The predicted molar refractivity (Wildman–Crippen MR) is 98.1 cm³/mol. The lowest BCUT2D eigenvalue weighted by Gasteiger charge is -2.08. The van der Waals surface area contributed by atoms with Crippen molar-refractivity contribution in [2.75, 3.05) is 5.32 Å². The van der Waals surface area contributed by atoms with Gasteiger partial charge in [0.25, 0.3) is 5.91 Å². The molecule has 5 nitrogen and oxygen atoms in total. The van der Waals surface area contributed by atoms with Crippen LogP contribution in [0.5, 0.6) is 0 Å². The number of hydrogen-bond donors (Lipinski definition) is 2. The van der Waals surface area contributed by atoms with E-state index in [4.69, 9.17) is 0 Å². The van der Waals surface area contributed by atoms with E-state index in [1.165, 1.54) is 11.1 Å². The highest BCUT2D eigenvalue weighted by atomic mass is 16.1. The second-order valence-corrected chi connectivity index (χ2v) is 5.81. The molecule has 0 aliphatic heterocycles. The average Bonchev–Trinajstić information content (AvgIpc) is 2.66. The molecular formula is C20H20N4O. The van der Waals surface area contributed by atoms with Crippen molar-refractivity contribution in [2.24, 2.45) is 0 Å². The van der Waals surface area contributed by atoms with Gasteiger partial charge in [0.1, 0.15) is 5.69 Å². The minimum atomic E-state index is -0.193. The normalized spacial score (nSPS) is 10.3. The Morgan fingerprint density at radius 2 is 1.84 bits per heavy atom. The number of nitrogens with zero attached hydrogens (tertiary/aromatic N) is 2. The molecule has 0 saturated heterocycles. The maximum absolute atomic E-state index is 12.1. The molecule has 126 valence electrons. The van der Waals surface area contributed by atoms with Crippen LogP contribution in [0.4, 0.5) is 5.69 Å². The molecule has 25 heavy (non-hydrogen) atoms. The summed E-state index contributed by atoms with van der Waals surface area (Å²) in [4.78, 5) is 20.3. The molecule has 0 saturated carbocycles. The first-order valence-corrected chi connectivity index (χ1v) is 8.13. The third kappa shape index (κ3) is 4.88. The number of hydrogen-bond acceptors (Lipinski definition) is 4. The largest absolute Gasteiger partial charge is 0.380 e. The fourth-order valence-electron chi connectivity index (χ4n) is 2.43. The SMILES string of the molecule is Cc1cccc(CNc2ccc(C(=O)NCc3ccncc3)nc2)c1. The number of carbonyl (C=O) groups excluding carboxylic acids is 1. The van der Waals surface area contributed by atoms with E-state index >= 15 is 0 Å². The standard InChI is InChI=1S/C20H20N4O/c1-15-3-2-4-17(11-15)13-22-18-5-6-19(23-14-18)20(25)24-12-16-7-9-21-10-8-16/h2-11,14,22H,12-13H2,1H3,(H,24,25). The molecular weight excluding hydrogens is 312 g/mol. The Kier molecular flexibility index (Phi) is 5.36. The third-order valence-corrected chi connectivity index (χ3v) is 3.78. The Bertz CT molecular complexity index is 832. The highest BCUT2D eigenvalue weighted by molar-refractivity contribution is 5.92. The number of amides is 1. The molecule has 1 amide bonds. The van der Waals surface area contributed by atoms with Crippen molar-refractivity contribution < 1.29 is 4.79 Å². The van der Waals surface area contributed by atoms with Gasteiger partial charge in [0.2, 0.25) is 0 Å². The van der Waals surface area contributed by atoms with Gasteiger partial charge in [0.05, 0.1) is 11.9 Å². The molecule has 5 heteroatoms. The van der Waals surface area contributed by atoms with Gasteiger partial charge in [0.15, 0.2) is 0 Å². The van der Waals surface area contributed by atoms with Crippen LogP contribution in [0.2, 0.25) is 0 Å². The minimum absolute atomic E-state index is 0.193. The van der Waals surface area contributed by atoms with Gasteiger partial charge in [-0.05, 0) is 42.3 Å². The van der Waals surface area contributed by atoms with Gasteiger partial charge in [-0.1, -0.05) is 29.8 Å². The molecule has 0 atom stereocenters. The summed E-state index contributed by atoms with van der Waals surface area (Å²) in [6, 6.07) is 15.7. The molecule has 1 aromatic carbocycles. The Morgan fingerprint density at radius 3 is 2.56 bits per heavy atom. The summed E-state index contributed by atoms with van der Waals surface area (Å²) in [5.41, 5.74) is 4.72. The number of nitrogens with one attached hydrogen (secondary N) is 2. The van der Waals surface area contributed by atoms with Crippen LogP contribution >= 0.6 is 0 Å². The summed E-state index contributed by atoms with van der Waals surface area (Å²) in [6.45, 7) is 3.25. The average molecular weight is 332 g/mol. The zero-order valence-corrected chi connectivity index (χ0v) is 14.1. The minimum Gasteiger partial charge on any atom is -0.380 e. The van der Waals surface area contributed by atoms with E-state index in [0.29, 0.717) is 12.2 Å². The number of benzene rings is 1. The second-order valence-electron chi connectivity index (χ2n) is 5.81. The van der Waals surface area contributed by atoms with Gasteiger partial charge < -0.3 is 10.6 Å². The van der Waals surface area contributed by atoms with Crippen LogP contribution < -0.4 is 10.6 Å². The summed E-state index contributed by atoms with van der Waals surface area (Å²) in [6.07, 6.45) is 5.08. The van der Waals surface area contributed by atoms with Crippen LogP contribution in [-0.4, -0.2) is 15.9 Å². The summed E-state index contributed by atoms with van der Waals surface area (Å²) in [5.74, 6) is -0.193. The molecule has 0 spiro atoms. The number of aryl methyl sites for hydroxylation is 1. The van der Waals surface area contributed by atoms with Crippen LogP contribution in [0.1, 0.15) is 27.2 Å².